The van der Waals surface area contributed by atoms with Crippen molar-refractivity contribution in [2.75, 3.05) is 23.4 Å². The fourth-order valence-corrected chi connectivity index (χ4v) is 4.82. The molecule has 0 unspecified atom stereocenters. The van der Waals surface area contributed by atoms with Crippen molar-refractivity contribution in [2.45, 2.75) is 69.8 Å². The number of aryl methyl sites for hydroxylation is 1. The van der Waals surface area contributed by atoms with E-state index in [2.05, 4.69) is 30.4 Å². The molecule has 3 aromatic rings. The summed E-state index contributed by atoms with van der Waals surface area (Å²) in [6, 6.07) is -0.156. The van der Waals surface area contributed by atoms with Crippen LogP contribution in [0.15, 0.2) is 31.0 Å². The zero-order valence-electron chi connectivity index (χ0n) is 22.3. The molecule has 1 aliphatic carbocycles. The second-order valence-electron chi connectivity index (χ2n) is 10.0. The van der Waals surface area contributed by atoms with Crippen molar-refractivity contribution in [3.63, 3.8) is 0 Å². The van der Waals surface area contributed by atoms with E-state index in [1.54, 1.807) is 28.2 Å². The molecule has 2 fully saturated rings. The lowest BCUT2D eigenvalue weighted by Gasteiger charge is -2.36. The van der Waals surface area contributed by atoms with Crippen molar-refractivity contribution < 1.29 is 27.4 Å². The van der Waals surface area contributed by atoms with Gasteiger partial charge in [0.05, 0.1) is 37.5 Å². The summed E-state index contributed by atoms with van der Waals surface area (Å²) in [5, 5.41) is 7.31. The van der Waals surface area contributed by atoms with E-state index in [0.717, 1.165) is 11.8 Å². The lowest BCUT2D eigenvalue weighted by Crippen LogP contribution is -2.44. The van der Waals surface area contributed by atoms with E-state index in [9.17, 15) is 18.0 Å². The van der Waals surface area contributed by atoms with Crippen molar-refractivity contribution in [2.24, 2.45) is 7.05 Å². The maximum Gasteiger partial charge on any atom is 0.423 e. The highest BCUT2D eigenvalue weighted by atomic mass is 19.4. The molecule has 1 amide bonds. The normalized spacial score (nSPS) is 19.6. The van der Waals surface area contributed by atoms with Crippen LogP contribution in [0.1, 0.15) is 51.0 Å². The van der Waals surface area contributed by atoms with Crippen molar-refractivity contribution in [3.8, 4) is 17.1 Å². The third-order valence-corrected chi connectivity index (χ3v) is 6.96. The van der Waals surface area contributed by atoms with E-state index in [1.165, 1.54) is 0 Å². The van der Waals surface area contributed by atoms with Crippen LogP contribution < -0.4 is 15.0 Å². The molecular formula is C26H31F3N8O3. The highest BCUT2D eigenvalue weighted by molar-refractivity contribution is 5.93. The second kappa shape index (κ2) is 11.7. The Hall–Kier alpha value is -3.81. The number of anilines is 2. The maximum absolute atomic E-state index is 13.4. The Morgan fingerprint density at radius 2 is 1.90 bits per heavy atom. The topological polar surface area (TPSA) is 120 Å². The number of nitrogens with one attached hydrogen (secondary N) is 1. The third kappa shape index (κ3) is 6.32. The molecular weight excluding hydrogens is 529 g/mol. The Bertz CT molecular complexity index is 1310. The molecule has 0 bridgehead atoms. The average Bonchev–Trinajstić information content (AvgIpc) is 3.34. The minimum Gasteiger partial charge on any atom is -0.469 e. The van der Waals surface area contributed by atoms with Gasteiger partial charge in [0, 0.05) is 43.5 Å². The molecule has 3 aromatic heterocycles. The minimum absolute atomic E-state index is 0.0184. The van der Waals surface area contributed by atoms with E-state index in [0.29, 0.717) is 50.0 Å². The van der Waals surface area contributed by atoms with Gasteiger partial charge in [-0.3, -0.25) is 19.4 Å². The summed E-state index contributed by atoms with van der Waals surface area (Å²) in [4.78, 5) is 31.9. The highest BCUT2D eigenvalue weighted by Crippen LogP contribution is 2.36. The number of rotatable bonds is 9. The van der Waals surface area contributed by atoms with Crippen LogP contribution in [-0.2, 0) is 22.8 Å². The molecule has 4 heterocycles. The number of aromatic nitrogens is 6. The number of carbonyl (C=O) groups excluding carboxylic acids is 1. The summed E-state index contributed by atoms with van der Waals surface area (Å²) in [7, 11) is 1.82. The summed E-state index contributed by atoms with van der Waals surface area (Å²) in [5.74, 6) is 0.0459. The van der Waals surface area contributed by atoms with Crippen molar-refractivity contribution >= 4 is 17.7 Å². The van der Waals surface area contributed by atoms with Gasteiger partial charge in [0.25, 0.3) is 0 Å². The van der Waals surface area contributed by atoms with Crippen LogP contribution in [0.5, 0.6) is 5.88 Å². The van der Waals surface area contributed by atoms with E-state index in [4.69, 9.17) is 9.47 Å². The molecule has 1 saturated carbocycles. The molecule has 1 aliphatic heterocycles. The van der Waals surface area contributed by atoms with Gasteiger partial charge in [-0.25, -0.2) is 9.97 Å². The van der Waals surface area contributed by atoms with Crippen LogP contribution in [-0.4, -0.2) is 67.0 Å². The number of halogens is 3. The summed E-state index contributed by atoms with van der Waals surface area (Å²) in [5.41, 5.74) is 0.478. The van der Waals surface area contributed by atoms with E-state index in [-0.39, 0.29) is 37.2 Å². The molecule has 0 radical (unpaired) electrons. The summed E-state index contributed by atoms with van der Waals surface area (Å²) < 4.78 is 52.4. The number of hydrogen-bond donors (Lipinski definition) is 1. The monoisotopic (exact) mass is 560 g/mol. The zero-order valence-corrected chi connectivity index (χ0v) is 22.3. The van der Waals surface area contributed by atoms with Gasteiger partial charge in [0.15, 0.2) is 5.82 Å². The van der Waals surface area contributed by atoms with Crippen LogP contribution >= 0.6 is 0 Å². The van der Waals surface area contributed by atoms with Gasteiger partial charge in [-0.05, 0) is 32.1 Å². The Balaban J connectivity index is 1.26. The predicted molar refractivity (Wildman–Crippen MR) is 139 cm³/mol. The average molecular weight is 561 g/mol. The van der Waals surface area contributed by atoms with Gasteiger partial charge in [0.1, 0.15) is 11.7 Å². The van der Waals surface area contributed by atoms with Crippen LogP contribution in [0.2, 0.25) is 0 Å². The van der Waals surface area contributed by atoms with Crippen LogP contribution in [0, 0.1) is 0 Å². The molecule has 214 valence electrons. The number of hydrogen-bond acceptors (Lipinski definition) is 9. The molecule has 0 aromatic carbocycles. The summed E-state index contributed by atoms with van der Waals surface area (Å²) in [6.45, 7) is 2.39. The van der Waals surface area contributed by atoms with Gasteiger partial charge in [-0.15, -0.1) is 0 Å². The molecule has 2 aliphatic rings. The highest BCUT2D eigenvalue weighted by Gasteiger charge is 2.38. The van der Waals surface area contributed by atoms with Crippen molar-refractivity contribution in [3.05, 3.63) is 36.5 Å². The first-order valence-corrected chi connectivity index (χ1v) is 13.3. The molecule has 1 saturated heterocycles. The SMILES string of the molecule is CCCC(=O)N(c1cnc(-c2cnn(C)c2)cn1)C1CCC(Nc2ncc(C(F)(F)F)c(OC3COC3)n2)CC1. The Labute approximate surface area is 229 Å². The molecule has 0 atom stereocenters. The minimum atomic E-state index is -4.63. The predicted octanol–water partition coefficient (Wildman–Crippen LogP) is 4.02. The zero-order chi connectivity index (χ0) is 28.3. The first kappa shape index (κ1) is 27.7. The quantitative estimate of drug-likeness (QED) is 0.414. The molecule has 11 nitrogen and oxygen atoms in total. The van der Waals surface area contributed by atoms with E-state index < -0.39 is 23.7 Å². The largest absolute Gasteiger partial charge is 0.469 e. The van der Waals surface area contributed by atoms with Gasteiger partial charge in [-0.2, -0.15) is 23.3 Å². The van der Waals surface area contributed by atoms with Gasteiger partial charge < -0.3 is 14.8 Å². The fourth-order valence-electron chi connectivity index (χ4n) is 4.82. The van der Waals surface area contributed by atoms with Crippen molar-refractivity contribution in [1.82, 2.24) is 29.7 Å². The molecule has 0 spiro atoms. The van der Waals surface area contributed by atoms with Crippen LogP contribution in [0.25, 0.3) is 11.3 Å². The Morgan fingerprint density at radius 3 is 2.48 bits per heavy atom. The number of alkyl halides is 3. The smallest absolute Gasteiger partial charge is 0.423 e. The molecule has 40 heavy (non-hydrogen) atoms. The number of amides is 1. The number of carbonyl (C=O) groups is 1. The lowest BCUT2D eigenvalue weighted by atomic mass is 9.90. The molecule has 14 heteroatoms. The third-order valence-electron chi connectivity index (χ3n) is 6.96. The number of ether oxygens (including phenoxy) is 2. The molecule has 1 N–H and O–H groups in total. The first-order valence-electron chi connectivity index (χ1n) is 13.3. The molecule has 5 rings (SSSR count). The number of nitrogens with zero attached hydrogens (tertiary/aromatic N) is 7. The summed E-state index contributed by atoms with van der Waals surface area (Å²) >= 11 is 0. The van der Waals surface area contributed by atoms with E-state index in [1.807, 2.05) is 20.2 Å². The Morgan fingerprint density at radius 1 is 1.12 bits per heavy atom. The maximum atomic E-state index is 13.4. The standard InChI is InChI=1S/C26H31F3N8O3/c1-3-4-23(38)37(22-12-30-21(11-31-22)16-9-33-36(2)13-16)18-7-5-17(6-8-18)34-25-32-10-20(26(27,28)29)24(35-25)40-19-14-39-15-19/h9-13,17-19H,3-8,14-15H2,1-2H3,(H,32,34,35). The fraction of sp³-hybridized carbons (Fsp3) is 0.538. The van der Waals surface area contributed by atoms with Crippen LogP contribution in [0.3, 0.4) is 0 Å². The second-order valence-corrected chi connectivity index (χ2v) is 10.0. The van der Waals surface area contributed by atoms with Gasteiger partial charge in [0.2, 0.25) is 17.7 Å². The summed E-state index contributed by atoms with van der Waals surface area (Å²) in [6.07, 6.45) is 6.21. The van der Waals surface area contributed by atoms with Crippen LogP contribution in [0.4, 0.5) is 24.9 Å². The lowest BCUT2D eigenvalue weighted by molar-refractivity contribution is -0.142. The van der Waals surface area contributed by atoms with Gasteiger partial charge >= 0.3 is 6.18 Å². The van der Waals surface area contributed by atoms with Gasteiger partial charge in [-0.1, -0.05) is 6.92 Å². The Kier molecular flexibility index (Phi) is 8.14. The van der Waals surface area contributed by atoms with Crippen molar-refractivity contribution in [1.29, 1.82) is 0 Å². The van der Waals surface area contributed by atoms with E-state index >= 15 is 0 Å². The first-order chi connectivity index (χ1) is 19.2.